The summed E-state index contributed by atoms with van der Waals surface area (Å²) in [5.41, 5.74) is 0. The number of hydrogen-bond donors (Lipinski definition) is 2. The monoisotopic (exact) mass is 208 g/mol. The van der Waals surface area contributed by atoms with E-state index < -0.39 is 0 Å². The molecule has 0 aliphatic carbocycles. The van der Waals surface area contributed by atoms with Gasteiger partial charge in [0.1, 0.15) is 18.0 Å². The Hall–Kier alpha value is -1.32. The first-order valence-corrected chi connectivity index (χ1v) is 5.43. The molecule has 1 aromatic rings. The minimum absolute atomic E-state index is 0.463. The van der Waals surface area contributed by atoms with E-state index in [-0.39, 0.29) is 0 Å². The van der Waals surface area contributed by atoms with Gasteiger partial charge in [0.15, 0.2) is 0 Å². The molecule has 0 spiro atoms. The minimum Gasteiger partial charge on any atom is -0.373 e. The fourth-order valence-corrected chi connectivity index (χ4v) is 1.50. The summed E-state index contributed by atoms with van der Waals surface area (Å²) in [5, 5.41) is 6.41. The Morgan fingerprint density at radius 3 is 2.47 bits per heavy atom. The van der Waals surface area contributed by atoms with Crippen molar-refractivity contribution in [3.63, 3.8) is 0 Å². The van der Waals surface area contributed by atoms with Gasteiger partial charge >= 0.3 is 0 Å². The van der Waals surface area contributed by atoms with Crippen LogP contribution in [0.2, 0.25) is 0 Å². The molecule has 84 valence electrons. The Morgan fingerprint density at radius 1 is 1.27 bits per heavy atom. The van der Waals surface area contributed by atoms with Crippen molar-refractivity contribution in [1.29, 1.82) is 0 Å². The van der Waals surface area contributed by atoms with E-state index in [0.717, 1.165) is 18.1 Å². The van der Waals surface area contributed by atoms with Crippen molar-refractivity contribution >= 4 is 11.6 Å². The van der Waals surface area contributed by atoms with Gasteiger partial charge in [0, 0.05) is 19.2 Å². The smallest absolute Gasteiger partial charge is 0.131 e. The van der Waals surface area contributed by atoms with Gasteiger partial charge in [0.25, 0.3) is 0 Å². The van der Waals surface area contributed by atoms with Gasteiger partial charge in [-0.05, 0) is 12.3 Å². The van der Waals surface area contributed by atoms with E-state index in [4.69, 9.17) is 0 Å². The predicted octanol–water partition coefficient (Wildman–Crippen LogP) is 2.36. The van der Waals surface area contributed by atoms with Gasteiger partial charge < -0.3 is 10.6 Å². The Bertz CT molecular complexity index is 298. The second-order valence-corrected chi connectivity index (χ2v) is 3.94. The summed E-state index contributed by atoms with van der Waals surface area (Å²) in [7, 11) is 1.85. The highest BCUT2D eigenvalue weighted by molar-refractivity contribution is 5.46. The summed E-state index contributed by atoms with van der Waals surface area (Å²) in [5.74, 6) is 2.32. The van der Waals surface area contributed by atoms with Crippen LogP contribution in [0.5, 0.6) is 0 Å². The standard InChI is InChI=1S/C11H20N4/c1-5-9(8(2)3)15-11-6-10(12-4)13-7-14-11/h6-9H,5H2,1-4H3,(H2,12,13,14,15). The Morgan fingerprint density at radius 2 is 1.93 bits per heavy atom. The van der Waals surface area contributed by atoms with Crippen molar-refractivity contribution in [1.82, 2.24) is 9.97 Å². The van der Waals surface area contributed by atoms with Crippen LogP contribution < -0.4 is 10.6 Å². The van der Waals surface area contributed by atoms with Gasteiger partial charge in [-0.15, -0.1) is 0 Å². The summed E-state index contributed by atoms with van der Waals surface area (Å²) in [4.78, 5) is 8.27. The number of hydrogen-bond acceptors (Lipinski definition) is 4. The second kappa shape index (κ2) is 5.53. The summed E-state index contributed by atoms with van der Waals surface area (Å²) in [6, 6.07) is 2.38. The Labute approximate surface area is 91.5 Å². The molecule has 4 heteroatoms. The first kappa shape index (κ1) is 11.8. The van der Waals surface area contributed by atoms with E-state index in [2.05, 4.69) is 41.4 Å². The topological polar surface area (TPSA) is 49.8 Å². The van der Waals surface area contributed by atoms with Crippen molar-refractivity contribution in [3.05, 3.63) is 12.4 Å². The zero-order valence-electron chi connectivity index (χ0n) is 9.91. The molecule has 1 heterocycles. The van der Waals surface area contributed by atoms with Gasteiger partial charge in [-0.1, -0.05) is 20.8 Å². The van der Waals surface area contributed by atoms with Crippen molar-refractivity contribution in [3.8, 4) is 0 Å². The molecule has 0 aromatic carbocycles. The maximum atomic E-state index is 4.20. The largest absolute Gasteiger partial charge is 0.373 e. The van der Waals surface area contributed by atoms with E-state index in [9.17, 15) is 0 Å². The molecule has 0 saturated heterocycles. The van der Waals surface area contributed by atoms with Crippen LogP contribution in [-0.2, 0) is 0 Å². The third-order valence-electron chi connectivity index (χ3n) is 2.50. The van der Waals surface area contributed by atoms with Crippen LogP contribution in [0.3, 0.4) is 0 Å². The van der Waals surface area contributed by atoms with Gasteiger partial charge in [-0.25, -0.2) is 9.97 Å². The van der Waals surface area contributed by atoms with Gasteiger partial charge in [-0.3, -0.25) is 0 Å². The number of anilines is 2. The average molecular weight is 208 g/mol. The van der Waals surface area contributed by atoms with E-state index >= 15 is 0 Å². The molecule has 1 unspecified atom stereocenters. The van der Waals surface area contributed by atoms with Crippen LogP contribution in [0, 0.1) is 5.92 Å². The fraction of sp³-hybridized carbons (Fsp3) is 0.636. The molecule has 0 bridgehead atoms. The van der Waals surface area contributed by atoms with Crippen LogP contribution >= 0.6 is 0 Å². The van der Waals surface area contributed by atoms with Crippen LogP contribution in [-0.4, -0.2) is 23.1 Å². The maximum Gasteiger partial charge on any atom is 0.131 e. The Kier molecular flexibility index (Phi) is 4.34. The number of rotatable bonds is 5. The SMILES string of the molecule is CCC(Nc1cc(NC)ncn1)C(C)C. The molecule has 0 saturated carbocycles. The zero-order chi connectivity index (χ0) is 11.3. The molecule has 0 amide bonds. The number of nitrogens with one attached hydrogen (secondary N) is 2. The molecule has 1 atom stereocenters. The van der Waals surface area contributed by atoms with Crippen molar-refractivity contribution in [2.45, 2.75) is 33.2 Å². The zero-order valence-corrected chi connectivity index (χ0v) is 9.91. The van der Waals surface area contributed by atoms with Gasteiger partial charge in [-0.2, -0.15) is 0 Å². The highest BCUT2D eigenvalue weighted by Crippen LogP contribution is 2.14. The van der Waals surface area contributed by atoms with E-state index in [1.54, 1.807) is 6.33 Å². The lowest BCUT2D eigenvalue weighted by molar-refractivity contribution is 0.510. The lowest BCUT2D eigenvalue weighted by atomic mass is 10.0. The predicted molar refractivity (Wildman–Crippen MR) is 64.1 cm³/mol. The summed E-state index contributed by atoms with van der Waals surface area (Å²) >= 11 is 0. The molecular formula is C11H20N4. The maximum absolute atomic E-state index is 4.20. The van der Waals surface area contributed by atoms with E-state index in [1.165, 1.54) is 0 Å². The fourth-order valence-electron chi connectivity index (χ4n) is 1.50. The molecule has 1 aromatic heterocycles. The minimum atomic E-state index is 0.463. The third kappa shape index (κ3) is 3.38. The second-order valence-electron chi connectivity index (χ2n) is 3.94. The highest BCUT2D eigenvalue weighted by atomic mass is 15.1. The van der Waals surface area contributed by atoms with E-state index in [0.29, 0.717) is 12.0 Å². The van der Waals surface area contributed by atoms with Crippen LogP contribution in [0.1, 0.15) is 27.2 Å². The lowest BCUT2D eigenvalue weighted by Crippen LogP contribution is -2.25. The molecule has 4 nitrogen and oxygen atoms in total. The first-order chi connectivity index (χ1) is 7.17. The average Bonchev–Trinajstić information content (AvgIpc) is 2.25. The normalized spacial score (nSPS) is 12.6. The highest BCUT2D eigenvalue weighted by Gasteiger charge is 2.11. The molecule has 2 N–H and O–H groups in total. The molecule has 1 rings (SSSR count). The third-order valence-corrected chi connectivity index (χ3v) is 2.50. The van der Waals surface area contributed by atoms with Crippen molar-refractivity contribution in [2.24, 2.45) is 5.92 Å². The molecule has 0 radical (unpaired) electrons. The van der Waals surface area contributed by atoms with Gasteiger partial charge in [0.05, 0.1) is 0 Å². The van der Waals surface area contributed by atoms with Crippen LogP contribution in [0.25, 0.3) is 0 Å². The lowest BCUT2D eigenvalue weighted by Gasteiger charge is -2.21. The van der Waals surface area contributed by atoms with E-state index in [1.807, 2.05) is 13.1 Å². The summed E-state index contributed by atoms with van der Waals surface area (Å²) in [6.07, 6.45) is 2.66. The molecule has 0 aliphatic heterocycles. The molecule has 0 aliphatic rings. The van der Waals surface area contributed by atoms with Gasteiger partial charge in [0.2, 0.25) is 0 Å². The van der Waals surface area contributed by atoms with Crippen molar-refractivity contribution in [2.75, 3.05) is 17.7 Å². The summed E-state index contributed by atoms with van der Waals surface area (Å²) < 4.78 is 0. The van der Waals surface area contributed by atoms with Crippen molar-refractivity contribution < 1.29 is 0 Å². The first-order valence-electron chi connectivity index (χ1n) is 5.43. The quantitative estimate of drug-likeness (QED) is 0.780. The molecule has 15 heavy (non-hydrogen) atoms. The number of nitrogens with zero attached hydrogens (tertiary/aromatic N) is 2. The number of aromatic nitrogens is 2. The van der Waals surface area contributed by atoms with Crippen LogP contribution in [0.15, 0.2) is 12.4 Å². The summed E-state index contributed by atoms with van der Waals surface area (Å²) in [6.45, 7) is 6.60. The molecular weight excluding hydrogens is 188 g/mol. The van der Waals surface area contributed by atoms with Crippen LogP contribution in [0.4, 0.5) is 11.6 Å². The Balaban J connectivity index is 2.70. The molecule has 0 fully saturated rings.